The van der Waals surface area contributed by atoms with Crippen molar-refractivity contribution in [3.8, 4) is 0 Å². The van der Waals surface area contributed by atoms with Crippen molar-refractivity contribution in [3.05, 3.63) is 88.1 Å². The van der Waals surface area contributed by atoms with E-state index < -0.39 is 0 Å². The van der Waals surface area contributed by atoms with Crippen molar-refractivity contribution in [2.24, 2.45) is 7.05 Å². The molecule has 2 aromatic heterocycles. The van der Waals surface area contributed by atoms with E-state index in [9.17, 15) is 9.59 Å². The number of aromatic nitrogens is 4. The monoisotopic (exact) mass is 361 g/mol. The fourth-order valence-electron chi connectivity index (χ4n) is 3.02. The number of imidazole rings is 1. The average molecular weight is 361 g/mol. The van der Waals surface area contributed by atoms with Crippen LogP contribution in [0.3, 0.4) is 0 Å². The molecule has 0 unspecified atom stereocenters. The number of rotatable bonds is 5. The van der Waals surface area contributed by atoms with E-state index in [-0.39, 0.29) is 11.6 Å². The summed E-state index contributed by atoms with van der Waals surface area (Å²) in [6, 6.07) is 15.2. The van der Waals surface area contributed by atoms with Gasteiger partial charge in [0.25, 0.3) is 5.91 Å². The highest BCUT2D eigenvalue weighted by Gasteiger charge is 2.10. The molecule has 0 saturated heterocycles. The lowest BCUT2D eigenvalue weighted by atomic mass is 10.2. The van der Waals surface area contributed by atoms with Crippen molar-refractivity contribution in [2.45, 2.75) is 13.1 Å². The number of carbonyl (C=O) groups is 1. The maximum Gasteiger partial charge on any atom is 0.326 e. The van der Waals surface area contributed by atoms with Gasteiger partial charge in [-0.3, -0.25) is 14.0 Å². The number of nitrogens with one attached hydrogen (secondary N) is 2. The molecule has 136 valence electrons. The molecule has 0 fully saturated rings. The van der Waals surface area contributed by atoms with Gasteiger partial charge in [-0.25, -0.2) is 4.79 Å². The lowest BCUT2D eigenvalue weighted by Crippen LogP contribution is -2.22. The van der Waals surface area contributed by atoms with Gasteiger partial charge in [0, 0.05) is 30.9 Å². The summed E-state index contributed by atoms with van der Waals surface area (Å²) in [6.07, 6.45) is 3.67. The molecule has 0 aliphatic carbocycles. The van der Waals surface area contributed by atoms with Gasteiger partial charge in [0.1, 0.15) is 0 Å². The van der Waals surface area contributed by atoms with Crippen molar-refractivity contribution in [2.75, 3.05) is 0 Å². The molecular formula is C20H19N5O2. The third kappa shape index (κ3) is 3.52. The van der Waals surface area contributed by atoms with E-state index in [1.807, 2.05) is 41.2 Å². The van der Waals surface area contributed by atoms with Crippen molar-refractivity contribution in [1.82, 2.24) is 24.6 Å². The topological polar surface area (TPSA) is 84.7 Å². The smallest absolute Gasteiger partial charge is 0.326 e. The van der Waals surface area contributed by atoms with Gasteiger partial charge in [-0.05, 0) is 23.8 Å². The number of aromatic amines is 1. The predicted octanol–water partition coefficient (Wildman–Crippen LogP) is 2.04. The molecule has 2 aromatic carbocycles. The summed E-state index contributed by atoms with van der Waals surface area (Å²) in [4.78, 5) is 26.8. The minimum absolute atomic E-state index is 0.197. The van der Waals surface area contributed by atoms with Crippen LogP contribution in [0.2, 0.25) is 0 Å². The minimum Gasteiger partial charge on any atom is -0.348 e. The van der Waals surface area contributed by atoms with Crippen LogP contribution >= 0.6 is 0 Å². The summed E-state index contributed by atoms with van der Waals surface area (Å²) in [5.74, 6) is -0.197. The predicted molar refractivity (Wildman–Crippen MR) is 102 cm³/mol. The van der Waals surface area contributed by atoms with Crippen LogP contribution < -0.4 is 11.0 Å². The van der Waals surface area contributed by atoms with Gasteiger partial charge in [0.15, 0.2) is 0 Å². The number of benzene rings is 2. The van der Waals surface area contributed by atoms with Gasteiger partial charge in [-0.2, -0.15) is 5.10 Å². The SMILES string of the molecule is Cn1c(=O)[nH]c2cc(C(=O)NCc3cnn(Cc4ccccc4)c3)ccc21. The molecular weight excluding hydrogens is 342 g/mol. The summed E-state index contributed by atoms with van der Waals surface area (Å²) < 4.78 is 3.36. The first-order valence-corrected chi connectivity index (χ1v) is 8.62. The second-order valence-electron chi connectivity index (χ2n) is 6.44. The molecule has 1 amide bonds. The Morgan fingerprint density at radius 3 is 2.78 bits per heavy atom. The number of fused-ring (bicyclic) bond motifs is 1. The maximum absolute atomic E-state index is 12.4. The lowest BCUT2D eigenvalue weighted by Gasteiger charge is -2.04. The number of nitrogens with zero attached hydrogens (tertiary/aromatic N) is 3. The first-order chi connectivity index (χ1) is 13.1. The highest BCUT2D eigenvalue weighted by atomic mass is 16.2. The quantitative estimate of drug-likeness (QED) is 0.570. The van der Waals surface area contributed by atoms with E-state index in [1.54, 1.807) is 31.4 Å². The van der Waals surface area contributed by atoms with E-state index in [2.05, 4.69) is 15.4 Å². The number of carbonyl (C=O) groups excluding carboxylic acids is 1. The summed E-state index contributed by atoms with van der Waals surface area (Å²) in [5.41, 5.74) is 3.80. The first-order valence-electron chi connectivity index (χ1n) is 8.62. The molecule has 7 heteroatoms. The van der Waals surface area contributed by atoms with Gasteiger partial charge < -0.3 is 10.3 Å². The van der Waals surface area contributed by atoms with E-state index in [1.165, 1.54) is 10.1 Å². The standard InChI is InChI=1S/C20H19N5O2/c1-24-18-8-7-16(9-17(18)23-20(24)27)19(26)21-10-15-11-22-25(13-15)12-14-5-3-2-4-6-14/h2-9,11,13H,10,12H2,1H3,(H,21,26)(H,23,27). The third-order valence-electron chi connectivity index (χ3n) is 4.49. The van der Waals surface area contributed by atoms with Gasteiger partial charge in [0.05, 0.1) is 23.8 Å². The van der Waals surface area contributed by atoms with Gasteiger partial charge >= 0.3 is 5.69 Å². The Morgan fingerprint density at radius 2 is 1.96 bits per heavy atom. The van der Waals surface area contributed by atoms with E-state index >= 15 is 0 Å². The Kier molecular flexibility index (Phi) is 4.33. The molecule has 4 rings (SSSR count). The van der Waals surface area contributed by atoms with Crippen molar-refractivity contribution >= 4 is 16.9 Å². The number of aryl methyl sites for hydroxylation is 1. The summed E-state index contributed by atoms with van der Waals surface area (Å²) in [6.45, 7) is 1.07. The van der Waals surface area contributed by atoms with Gasteiger partial charge in [0.2, 0.25) is 0 Å². The lowest BCUT2D eigenvalue weighted by molar-refractivity contribution is 0.0951. The van der Waals surface area contributed by atoms with Crippen LogP contribution in [0.4, 0.5) is 0 Å². The zero-order valence-electron chi connectivity index (χ0n) is 14.8. The van der Waals surface area contributed by atoms with Crippen LogP contribution in [-0.2, 0) is 20.1 Å². The largest absolute Gasteiger partial charge is 0.348 e. The van der Waals surface area contributed by atoms with E-state index in [0.29, 0.717) is 24.2 Å². The van der Waals surface area contributed by atoms with Crippen molar-refractivity contribution < 1.29 is 4.79 Å². The Hall–Kier alpha value is -3.61. The summed E-state index contributed by atoms with van der Waals surface area (Å²) >= 11 is 0. The molecule has 0 bridgehead atoms. The molecule has 7 nitrogen and oxygen atoms in total. The molecule has 0 aliphatic heterocycles. The maximum atomic E-state index is 12.4. The summed E-state index contributed by atoms with van der Waals surface area (Å²) in [7, 11) is 1.69. The van der Waals surface area contributed by atoms with Gasteiger partial charge in [-0.15, -0.1) is 0 Å². The Morgan fingerprint density at radius 1 is 1.15 bits per heavy atom. The molecule has 27 heavy (non-hydrogen) atoms. The molecule has 0 saturated carbocycles. The van der Waals surface area contributed by atoms with Crippen LogP contribution in [-0.4, -0.2) is 25.2 Å². The van der Waals surface area contributed by atoms with Gasteiger partial charge in [-0.1, -0.05) is 30.3 Å². The fourth-order valence-corrected chi connectivity index (χ4v) is 3.02. The van der Waals surface area contributed by atoms with Crippen LogP contribution in [0, 0.1) is 0 Å². The second-order valence-corrected chi connectivity index (χ2v) is 6.44. The van der Waals surface area contributed by atoms with Crippen molar-refractivity contribution in [1.29, 1.82) is 0 Å². The zero-order valence-corrected chi connectivity index (χ0v) is 14.8. The van der Waals surface area contributed by atoms with E-state index in [4.69, 9.17) is 0 Å². The molecule has 0 radical (unpaired) electrons. The van der Waals surface area contributed by atoms with Crippen LogP contribution in [0.5, 0.6) is 0 Å². The fraction of sp³-hybridized carbons (Fsp3) is 0.150. The highest BCUT2D eigenvalue weighted by Crippen LogP contribution is 2.12. The number of hydrogen-bond donors (Lipinski definition) is 2. The Labute approximate surface area is 155 Å². The van der Waals surface area contributed by atoms with Crippen LogP contribution in [0.15, 0.2) is 65.7 Å². The highest BCUT2D eigenvalue weighted by molar-refractivity contribution is 5.97. The van der Waals surface area contributed by atoms with E-state index in [0.717, 1.165) is 11.1 Å². The normalized spacial score (nSPS) is 11.0. The second kappa shape index (κ2) is 6.95. The number of amides is 1. The molecule has 2 heterocycles. The Bertz CT molecular complexity index is 1150. The zero-order chi connectivity index (χ0) is 18.8. The molecule has 0 aliphatic rings. The minimum atomic E-state index is -0.201. The third-order valence-corrected chi connectivity index (χ3v) is 4.49. The first kappa shape index (κ1) is 16.8. The summed E-state index contributed by atoms with van der Waals surface area (Å²) in [5, 5.41) is 7.23. The number of hydrogen-bond acceptors (Lipinski definition) is 3. The molecule has 4 aromatic rings. The molecule has 0 atom stereocenters. The molecule has 0 spiro atoms. The molecule has 2 N–H and O–H groups in total. The Balaban J connectivity index is 1.41. The van der Waals surface area contributed by atoms with Crippen LogP contribution in [0.25, 0.3) is 11.0 Å². The number of H-pyrrole nitrogens is 1. The van der Waals surface area contributed by atoms with Crippen molar-refractivity contribution in [3.63, 3.8) is 0 Å². The van der Waals surface area contributed by atoms with Crippen LogP contribution in [0.1, 0.15) is 21.5 Å². The average Bonchev–Trinajstić information content (AvgIpc) is 3.24.